The van der Waals surface area contributed by atoms with Crippen LogP contribution in [0.5, 0.6) is 0 Å². The summed E-state index contributed by atoms with van der Waals surface area (Å²) in [5.74, 6) is 1.31. The molecule has 0 aliphatic heterocycles. The molecule has 4 heteroatoms. The van der Waals surface area contributed by atoms with Crippen molar-refractivity contribution in [1.82, 2.24) is 9.55 Å². The van der Waals surface area contributed by atoms with E-state index in [1.54, 1.807) is 6.07 Å². The molecule has 0 unspecified atom stereocenters. The van der Waals surface area contributed by atoms with Gasteiger partial charge in [0.15, 0.2) is 0 Å². The number of aryl methyl sites for hydroxylation is 2. The Morgan fingerprint density at radius 1 is 1.33 bits per heavy atom. The number of anilines is 1. The number of benzene rings is 1. The Balaban J connectivity index is 2.17. The van der Waals surface area contributed by atoms with Crippen molar-refractivity contribution in [1.29, 1.82) is 0 Å². The summed E-state index contributed by atoms with van der Waals surface area (Å²) >= 11 is 0. The maximum atomic E-state index is 13.4. The SMILES string of the molecule is Cc1ccc(F)cc1-c1nc(C)n(C2CC2)c1N. The van der Waals surface area contributed by atoms with E-state index in [0.29, 0.717) is 17.6 Å². The van der Waals surface area contributed by atoms with Crippen molar-refractivity contribution in [3.8, 4) is 11.3 Å². The Morgan fingerprint density at radius 3 is 2.72 bits per heavy atom. The van der Waals surface area contributed by atoms with Crippen molar-refractivity contribution in [3.63, 3.8) is 0 Å². The van der Waals surface area contributed by atoms with Crippen molar-refractivity contribution in [2.45, 2.75) is 32.7 Å². The molecule has 0 saturated heterocycles. The maximum Gasteiger partial charge on any atom is 0.131 e. The third kappa shape index (κ3) is 1.68. The number of nitrogens with two attached hydrogens (primary N) is 1. The predicted molar refractivity (Wildman–Crippen MR) is 69.8 cm³/mol. The number of nitrogens with zero attached hydrogens (tertiary/aromatic N) is 2. The molecule has 0 amide bonds. The number of hydrogen-bond donors (Lipinski definition) is 1. The number of halogens is 1. The van der Waals surface area contributed by atoms with Gasteiger partial charge in [-0.05, 0) is 44.4 Å². The Labute approximate surface area is 105 Å². The van der Waals surface area contributed by atoms with Crippen LogP contribution in [0.15, 0.2) is 18.2 Å². The van der Waals surface area contributed by atoms with Gasteiger partial charge in [0.2, 0.25) is 0 Å². The van der Waals surface area contributed by atoms with E-state index in [1.807, 2.05) is 13.8 Å². The highest BCUT2D eigenvalue weighted by Crippen LogP contribution is 2.41. The molecule has 94 valence electrons. The summed E-state index contributed by atoms with van der Waals surface area (Å²) < 4.78 is 15.4. The van der Waals surface area contributed by atoms with Crippen LogP contribution in [0.3, 0.4) is 0 Å². The van der Waals surface area contributed by atoms with Crippen LogP contribution in [0, 0.1) is 19.7 Å². The molecular formula is C14H16FN3. The van der Waals surface area contributed by atoms with E-state index in [1.165, 1.54) is 12.1 Å². The van der Waals surface area contributed by atoms with Gasteiger partial charge in [0.05, 0.1) is 0 Å². The smallest absolute Gasteiger partial charge is 0.131 e. The Kier molecular flexibility index (Phi) is 2.40. The third-order valence-corrected chi connectivity index (χ3v) is 3.49. The summed E-state index contributed by atoms with van der Waals surface area (Å²) in [4.78, 5) is 4.51. The van der Waals surface area contributed by atoms with Gasteiger partial charge in [0, 0.05) is 11.6 Å². The van der Waals surface area contributed by atoms with Crippen LogP contribution in [0.1, 0.15) is 30.3 Å². The Bertz CT molecular complexity index is 612. The number of nitrogen functional groups attached to an aromatic ring is 1. The molecule has 18 heavy (non-hydrogen) atoms. The molecule has 0 atom stereocenters. The zero-order valence-electron chi connectivity index (χ0n) is 10.6. The number of imidazole rings is 1. The molecule has 0 radical (unpaired) electrons. The lowest BCUT2D eigenvalue weighted by Gasteiger charge is -2.07. The predicted octanol–water partition coefficient (Wildman–Crippen LogP) is 3.22. The van der Waals surface area contributed by atoms with Crippen LogP contribution >= 0.6 is 0 Å². The standard InChI is InChI=1S/C14H16FN3/c1-8-3-4-10(15)7-12(8)13-14(16)18(9(2)17-13)11-5-6-11/h3-4,7,11H,5-6,16H2,1-2H3. The summed E-state index contributed by atoms with van der Waals surface area (Å²) in [5.41, 5.74) is 8.66. The molecule has 0 bridgehead atoms. The van der Waals surface area contributed by atoms with Gasteiger partial charge in [-0.1, -0.05) is 6.07 Å². The molecule has 2 aromatic rings. The number of hydrogen-bond acceptors (Lipinski definition) is 2. The van der Waals surface area contributed by atoms with Gasteiger partial charge in [-0.15, -0.1) is 0 Å². The summed E-state index contributed by atoms with van der Waals surface area (Å²) in [5, 5.41) is 0. The van der Waals surface area contributed by atoms with Gasteiger partial charge in [0.25, 0.3) is 0 Å². The number of rotatable bonds is 2. The monoisotopic (exact) mass is 245 g/mol. The van der Waals surface area contributed by atoms with Crippen LogP contribution < -0.4 is 5.73 Å². The first kappa shape index (κ1) is 11.3. The summed E-state index contributed by atoms with van der Waals surface area (Å²) in [6, 6.07) is 5.21. The van der Waals surface area contributed by atoms with Crippen molar-refractivity contribution in [3.05, 3.63) is 35.4 Å². The topological polar surface area (TPSA) is 43.8 Å². The van der Waals surface area contributed by atoms with E-state index in [4.69, 9.17) is 5.73 Å². The molecule has 0 spiro atoms. The minimum Gasteiger partial charge on any atom is -0.383 e. The maximum absolute atomic E-state index is 13.4. The van der Waals surface area contributed by atoms with E-state index in [2.05, 4.69) is 9.55 Å². The van der Waals surface area contributed by atoms with Crippen LogP contribution in [0.25, 0.3) is 11.3 Å². The van der Waals surface area contributed by atoms with Gasteiger partial charge >= 0.3 is 0 Å². The van der Waals surface area contributed by atoms with Gasteiger partial charge in [-0.3, -0.25) is 0 Å². The van der Waals surface area contributed by atoms with Crippen molar-refractivity contribution < 1.29 is 4.39 Å². The van der Waals surface area contributed by atoms with E-state index < -0.39 is 0 Å². The number of aromatic nitrogens is 2. The van der Waals surface area contributed by atoms with E-state index in [9.17, 15) is 4.39 Å². The van der Waals surface area contributed by atoms with Gasteiger partial charge in [-0.25, -0.2) is 9.37 Å². The van der Waals surface area contributed by atoms with E-state index in [0.717, 1.165) is 29.8 Å². The highest BCUT2D eigenvalue weighted by atomic mass is 19.1. The van der Waals surface area contributed by atoms with Crippen LogP contribution in [-0.4, -0.2) is 9.55 Å². The van der Waals surface area contributed by atoms with Crippen LogP contribution in [0.4, 0.5) is 10.2 Å². The lowest BCUT2D eigenvalue weighted by Crippen LogP contribution is -2.02. The van der Waals surface area contributed by atoms with Crippen LogP contribution in [0.2, 0.25) is 0 Å². The fourth-order valence-electron chi connectivity index (χ4n) is 2.40. The fraction of sp³-hybridized carbons (Fsp3) is 0.357. The normalized spacial score (nSPS) is 15.1. The molecule has 3 nitrogen and oxygen atoms in total. The average molecular weight is 245 g/mol. The zero-order chi connectivity index (χ0) is 12.9. The molecule has 2 N–H and O–H groups in total. The van der Waals surface area contributed by atoms with Gasteiger partial charge in [-0.2, -0.15) is 0 Å². The van der Waals surface area contributed by atoms with Gasteiger partial charge in [0.1, 0.15) is 23.2 Å². The molecule has 1 aliphatic rings. The molecule has 1 aromatic heterocycles. The molecule has 3 rings (SSSR count). The third-order valence-electron chi connectivity index (χ3n) is 3.49. The average Bonchev–Trinajstić information content (AvgIpc) is 3.10. The first-order valence-electron chi connectivity index (χ1n) is 6.18. The second kappa shape index (κ2) is 3.83. The lowest BCUT2D eigenvalue weighted by atomic mass is 10.1. The first-order chi connectivity index (χ1) is 8.58. The summed E-state index contributed by atoms with van der Waals surface area (Å²) in [6.45, 7) is 3.90. The summed E-state index contributed by atoms with van der Waals surface area (Å²) in [6.07, 6.45) is 2.31. The molecule has 1 fully saturated rings. The molecule has 1 aliphatic carbocycles. The molecule has 1 heterocycles. The quantitative estimate of drug-likeness (QED) is 0.882. The lowest BCUT2D eigenvalue weighted by molar-refractivity contribution is 0.628. The summed E-state index contributed by atoms with van der Waals surface area (Å²) in [7, 11) is 0. The van der Waals surface area contributed by atoms with Crippen molar-refractivity contribution in [2.24, 2.45) is 0 Å². The molecule has 1 saturated carbocycles. The first-order valence-corrected chi connectivity index (χ1v) is 6.18. The zero-order valence-corrected chi connectivity index (χ0v) is 10.6. The van der Waals surface area contributed by atoms with Crippen molar-refractivity contribution in [2.75, 3.05) is 5.73 Å². The van der Waals surface area contributed by atoms with E-state index in [-0.39, 0.29) is 5.82 Å². The molecular weight excluding hydrogens is 229 g/mol. The Morgan fingerprint density at radius 2 is 2.06 bits per heavy atom. The highest BCUT2D eigenvalue weighted by molar-refractivity contribution is 5.73. The molecule has 1 aromatic carbocycles. The van der Waals surface area contributed by atoms with Gasteiger partial charge < -0.3 is 10.3 Å². The second-order valence-corrected chi connectivity index (χ2v) is 4.95. The van der Waals surface area contributed by atoms with Crippen LogP contribution in [-0.2, 0) is 0 Å². The second-order valence-electron chi connectivity index (χ2n) is 4.95. The minimum atomic E-state index is -0.256. The van der Waals surface area contributed by atoms with E-state index >= 15 is 0 Å². The minimum absolute atomic E-state index is 0.256. The highest BCUT2D eigenvalue weighted by Gasteiger charge is 2.29. The Hall–Kier alpha value is -1.84. The largest absolute Gasteiger partial charge is 0.383 e. The fourth-order valence-corrected chi connectivity index (χ4v) is 2.40. The van der Waals surface area contributed by atoms with Crippen molar-refractivity contribution >= 4 is 5.82 Å².